The summed E-state index contributed by atoms with van der Waals surface area (Å²) in [6.45, 7) is 4.58. The summed E-state index contributed by atoms with van der Waals surface area (Å²) in [5, 5.41) is 23.1. The second-order valence-electron chi connectivity index (χ2n) is 6.86. The van der Waals surface area contributed by atoms with E-state index in [1.807, 2.05) is 49.1 Å². The van der Waals surface area contributed by atoms with Gasteiger partial charge in [0.2, 0.25) is 5.91 Å². The number of hydrogen-bond acceptors (Lipinski definition) is 4. The van der Waals surface area contributed by atoms with Gasteiger partial charge in [-0.1, -0.05) is 30.3 Å². The smallest absolute Gasteiger partial charge is 0.313 e. The molecule has 6 heteroatoms. The van der Waals surface area contributed by atoms with Crippen molar-refractivity contribution in [1.82, 2.24) is 10.2 Å². The average molecular weight is 334 g/mol. The Balaban J connectivity index is 2.15. The fourth-order valence-corrected chi connectivity index (χ4v) is 3.29. The molecule has 0 spiro atoms. The van der Waals surface area contributed by atoms with E-state index < -0.39 is 17.5 Å². The molecule has 2 atom stereocenters. The zero-order valence-corrected chi connectivity index (χ0v) is 14.2. The molecule has 0 bridgehead atoms. The van der Waals surface area contributed by atoms with Gasteiger partial charge in [0.1, 0.15) is 5.41 Å². The molecule has 0 aliphatic carbocycles. The van der Waals surface area contributed by atoms with E-state index in [1.54, 1.807) is 0 Å². The minimum absolute atomic E-state index is 0.0430. The van der Waals surface area contributed by atoms with Crippen molar-refractivity contribution in [3.8, 4) is 0 Å². The maximum absolute atomic E-state index is 12.0. The van der Waals surface area contributed by atoms with E-state index in [0.29, 0.717) is 13.0 Å². The van der Waals surface area contributed by atoms with Crippen molar-refractivity contribution in [2.75, 3.05) is 19.6 Å². The Kier molecular flexibility index (Phi) is 5.96. The van der Waals surface area contributed by atoms with E-state index in [-0.39, 0.29) is 31.5 Å². The van der Waals surface area contributed by atoms with Crippen LogP contribution in [0.1, 0.15) is 25.8 Å². The first-order chi connectivity index (χ1) is 11.3. The third kappa shape index (κ3) is 4.33. The van der Waals surface area contributed by atoms with Crippen LogP contribution in [0, 0.1) is 5.41 Å². The summed E-state index contributed by atoms with van der Waals surface area (Å²) in [6.07, 6.45) is -0.347. The minimum Gasteiger partial charge on any atom is -0.481 e. The van der Waals surface area contributed by atoms with E-state index in [0.717, 1.165) is 5.56 Å². The average Bonchev–Trinajstić information content (AvgIpc) is 2.50. The van der Waals surface area contributed by atoms with Crippen LogP contribution in [-0.2, 0) is 16.0 Å². The lowest BCUT2D eigenvalue weighted by molar-refractivity contribution is -0.164. The van der Waals surface area contributed by atoms with Crippen LogP contribution in [0.25, 0.3) is 0 Å². The number of nitrogens with zero attached hydrogens (tertiary/aromatic N) is 1. The molecule has 0 saturated carbocycles. The Morgan fingerprint density at radius 1 is 1.33 bits per heavy atom. The first kappa shape index (κ1) is 18.4. The lowest BCUT2D eigenvalue weighted by Crippen LogP contribution is -2.58. The molecule has 1 fully saturated rings. The third-order valence-corrected chi connectivity index (χ3v) is 4.47. The molecule has 1 saturated heterocycles. The second kappa shape index (κ2) is 7.77. The van der Waals surface area contributed by atoms with Crippen molar-refractivity contribution in [2.24, 2.45) is 5.41 Å². The molecule has 1 aromatic carbocycles. The molecular formula is C18H26N2O4. The van der Waals surface area contributed by atoms with Crippen LogP contribution >= 0.6 is 0 Å². The molecule has 6 nitrogen and oxygen atoms in total. The number of carboxylic acid groups (broad SMARTS) is 1. The van der Waals surface area contributed by atoms with Gasteiger partial charge in [-0.05, 0) is 32.3 Å². The van der Waals surface area contributed by atoms with Crippen LogP contribution in [0.3, 0.4) is 0 Å². The summed E-state index contributed by atoms with van der Waals surface area (Å²) in [5.41, 5.74) is -0.426. The first-order valence-electron chi connectivity index (χ1n) is 8.30. The van der Waals surface area contributed by atoms with Crippen LogP contribution in [0.4, 0.5) is 0 Å². The largest absolute Gasteiger partial charge is 0.481 e. The lowest BCUT2D eigenvalue weighted by atomic mass is 9.73. The molecule has 0 radical (unpaired) electrons. The number of carboxylic acids is 1. The SMILES string of the molecule is CC(C)NC(=O)CN1CC[C@H](O)[C@@](Cc2ccccc2)(C(=O)O)C1. The number of piperidine rings is 1. The Labute approximate surface area is 142 Å². The highest BCUT2D eigenvalue weighted by Crippen LogP contribution is 2.34. The fourth-order valence-electron chi connectivity index (χ4n) is 3.29. The first-order valence-corrected chi connectivity index (χ1v) is 8.30. The number of rotatable bonds is 6. The van der Waals surface area contributed by atoms with E-state index >= 15 is 0 Å². The molecule has 1 aromatic rings. The summed E-state index contributed by atoms with van der Waals surface area (Å²) in [7, 11) is 0. The van der Waals surface area contributed by atoms with Gasteiger partial charge in [-0.15, -0.1) is 0 Å². The van der Waals surface area contributed by atoms with Gasteiger partial charge in [0.05, 0.1) is 12.6 Å². The van der Waals surface area contributed by atoms with E-state index in [1.165, 1.54) is 0 Å². The molecule has 3 N–H and O–H groups in total. The van der Waals surface area contributed by atoms with Gasteiger partial charge in [0.15, 0.2) is 0 Å². The predicted octanol–water partition coefficient (Wildman–Crippen LogP) is 0.891. The molecule has 0 unspecified atom stereocenters. The van der Waals surface area contributed by atoms with Crippen LogP contribution in [0.5, 0.6) is 0 Å². The number of carbonyl (C=O) groups excluding carboxylic acids is 1. The van der Waals surface area contributed by atoms with Gasteiger partial charge >= 0.3 is 5.97 Å². The van der Waals surface area contributed by atoms with Gasteiger partial charge < -0.3 is 15.5 Å². The van der Waals surface area contributed by atoms with Gasteiger partial charge in [-0.25, -0.2) is 0 Å². The standard InChI is InChI=1S/C18H26N2O4/c1-13(2)19-16(22)11-20-9-8-15(21)18(12-20,17(23)24)10-14-6-4-3-5-7-14/h3-7,13,15,21H,8-12H2,1-2H3,(H,19,22)(H,23,24)/t15-,18-/m0/s1. The number of nitrogens with one attached hydrogen (secondary N) is 1. The topological polar surface area (TPSA) is 89.9 Å². The third-order valence-electron chi connectivity index (χ3n) is 4.47. The number of carbonyl (C=O) groups is 2. The van der Waals surface area contributed by atoms with Crippen molar-refractivity contribution >= 4 is 11.9 Å². The number of aliphatic hydroxyl groups is 1. The molecule has 1 heterocycles. The van der Waals surface area contributed by atoms with E-state index in [9.17, 15) is 19.8 Å². The van der Waals surface area contributed by atoms with Gasteiger partial charge in [-0.2, -0.15) is 0 Å². The summed E-state index contributed by atoms with van der Waals surface area (Å²) in [6, 6.07) is 9.35. The number of benzene rings is 1. The summed E-state index contributed by atoms with van der Waals surface area (Å²) in [5.74, 6) is -1.15. The highest BCUT2D eigenvalue weighted by molar-refractivity contribution is 5.79. The van der Waals surface area contributed by atoms with Crippen LogP contribution in [0.2, 0.25) is 0 Å². The predicted molar refractivity (Wildman–Crippen MR) is 90.6 cm³/mol. The number of amides is 1. The highest BCUT2D eigenvalue weighted by Gasteiger charge is 2.49. The molecule has 1 aliphatic rings. The van der Waals surface area contributed by atoms with E-state index in [4.69, 9.17) is 0 Å². The van der Waals surface area contributed by atoms with Crippen molar-refractivity contribution in [3.05, 3.63) is 35.9 Å². The molecule has 1 aliphatic heterocycles. The molecule has 1 amide bonds. The van der Waals surface area contributed by atoms with E-state index in [2.05, 4.69) is 5.32 Å². The maximum Gasteiger partial charge on any atom is 0.313 e. The fraction of sp³-hybridized carbons (Fsp3) is 0.556. The van der Waals surface area contributed by atoms with Crippen molar-refractivity contribution in [3.63, 3.8) is 0 Å². The van der Waals surface area contributed by atoms with Crippen molar-refractivity contribution in [2.45, 2.75) is 38.8 Å². The summed E-state index contributed by atoms with van der Waals surface area (Å²) < 4.78 is 0. The van der Waals surface area contributed by atoms with Gasteiger partial charge in [0, 0.05) is 19.1 Å². The van der Waals surface area contributed by atoms with Crippen molar-refractivity contribution in [1.29, 1.82) is 0 Å². The summed E-state index contributed by atoms with van der Waals surface area (Å²) in [4.78, 5) is 25.8. The van der Waals surface area contributed by atoms with Crippen molar-refractivity contribution < 1.29 is 19.8 Å². The monoisotopic (exact) mass is 334 g/mol. The zero-order chi connectivity index (χ0) is 17.7. The Bertz CT molecular complexity index is 576. The molecule has 0 aromatic heterocycles. The number of hydrogen-bond donors (Lipinski definition) is 3. The number of likely N-dealkylation sites (tertiary alicyclic amines) is 1. The molecular weight excluding hydrogens is 308 g/mol. The lowest BCUT2D eigenvalue weighted by Gasteiger charge is -2.43. The van der Waals surface area contributed by atoms with Gasteiger partial charge in [0.25, 0.3) is 0 Å². The van der Waals surface area contributed by atoms with Gasteiger partial charge in [-0.3, -0.25) is 14.5 Å². The Morgan fingerprint density at radius 2 is 2.00 bits per heavy atom. The zero-order valence-electron chi connectivity index (χ0n) is 14.2. The van der Waals surface area contributed by atoms with Crippen LogP contribution < -0.4 is 5.32 Å². The molecule has 24 heavy (non-hydrogen) atoms. The number of aliphatic hydroxyl groups excluding tert-OH is 1. The maximum atomic E-state index is 12.0. The van der Waals surface area contributed by atoms with Crippen LogP contribution in [-0.4, -0.2) is 58.8 Å². The van der Waals surface area contributed by atoms with Crippen LogP contribution in [0.15, 0.2) is 30.3 Å². The highest BCUT2D eigenvalue weighted by atomic mass is 16.4. The Hall–Kier alpha value is -1.92. The normalized spacial score (nSPS) is 24.8. The minimum atomic E-state index is -1.29. The second-order valence-corrected chi connectivity index (χ2v) is 6.86. The number of aliphatic carboxylic acids is 1. The summed E-state index contributed by atoms with van der Waals surface area (Å²) >= 11 is 0. The Morgan fingerprint density at radius 3 is 2.58 bits per heavy atom. The molecule has 2 rings (SSSR count). The molecule has 132 valence electrons. The quantitative estimate of drug-likeness (QED) is 0.719.